The first kappa shape index (κ1) is 14.7. The van der Waals surface area contributed by atoms with Gasteiger partial charge < -0.3 is 4.74 Å². The van der Waals surface area contributed by atoms with Crippen LogP contribution in [0.5, 0.6) is 5.75 Å². The topological polar surface area (TPSA) is 87.3 Å². The molecule has 2 aromatic rings. The molecule has 21 heavy (non-hydrogen) atoms. The van der Waals surface area contributed by atoms with Gasteiger partial charge in [-0.3, -0.25) is 19.6 Å². The molecule has 0 aliphatic carbocycles. The van der Waals surface area contributed by atoms with Gasteiger partial charge in [0.05, 0.1) is 29.8 Å². The van der Waals surface area contributed by atoms with Gasteiger partial charge in [-0.05, 0) is 19.9 Å². The van der Waals surface area contributed by atoms with E-state index in [0.717, 1.165) is 12.0 Å². The summed E-state index contributed by atoms with van der Waals surface area (Å²) < 4.78 is 6.86. The molecule has 2 rings (SSSR count). The second-order valence-electron chi connectivity index (χ2n) is 4.61. The molecule has 0 atom stereocenters. The molecule has 0 unspecified atom stereocenters. The van der Waals surface area contributed by atoms with Crippen LogP contribution in [0, 0.1) is 24.0 Å². The van der Waals surface area contributed by atoms with Crippen molar-refractivity contribution in [2.24, 2.45) is 0 Å². The fraction of sp³-hybridized carbons (Fsp3) is 0.286. The number of carbonyl (C=O) groups is 1. The lowest BCUT2D eigenvalue weighted by Gasteiger charge is -2.09. The van der Waals surface area contributed by atoms with Gasteiger partial charge in [0.15, 0.2) is 6.29 Å². The molecule has 7 heteroatoms. The predicted octanol–water partition coefficient (Wildman–Crippen LogP) is 2.28. The van der Waals surface area contributed by atoms with E-state index in [1.165, 1.54) is 19.2 Å². The summed E-state index contributed by atoms with van der Waals surface area (Å²) >= 11 is 0. The molecule has 0 bridgehead atoms. The van der Waals surface area contributed by atoms with Crippen molar-refractivity contribution in [3.8, 4) is 5.75 Å². The lowest BCUT2D eigenvalue weighted by atomic mass is 10.1. The SMILES string of the molecule is COc1ccc([N+](=O)[O-])cc1Cn1nc(C)c(C=O)c1C. The number of aromatic nitrogens is 2. The van der Waals surface area contributed by atoms with Gasteiger partial charge in [-0.2, -0.15) is 5.10 Å². The molecular weight excluding hydrogens is 274 g/mol. The molecule has 0 saturated heterocycles. The number of non-ortho nitro benzene ring substituents is 1. The van der Waals surface area contributed by atoms with Gasteiger partial charge in [0, 0.05) is 23.4 Å². The van der Waals surface area contributed by atoms with Crippen LogP contribution in [0.2, 0.25) is 0 Å². The van der Waals surface area contributed by atoms with Gasteiger partial charge in [-0.15, -0.1) is 0 Å². The first-order valence-corrected chi connectivity index (χ1v) is 6.28. The fourth-order valence-corrected chi connectivity index (χ4v) is 2.20. The van der Waals surface area contributed by atoms with Gasteiger partial charge in [-0.1, -0.05) is 0 Å². The number of hydrogen-bond donors (Lipinski definition) is 0. The van der Waals surface area contributed by atoms with Crippen molar-refractivity contribution in [3.63, 3.8) is 0 Å². The molecule has 0 spiro atoms. The summed E-state index contributed by atoms with van der Waals surface area (Å²) in [6, 6.07) is 4.40. The molecular formula is C14H15N3O4. The third kappa shape index (κ3) is 2.76. The number of hydrogen-bond acceptors (Lipinski definition) is 5. The van der Waals surface area contributed by atoms with Crippen molar-refractivity contribution in [2.75, 3.05) is 7.11 Å². The van der Waals surface area contributed by atoms with E-state index in [0.29, 0.717) is 29.1 Å². The van der Waals surface area contributed by atoms with Gasteiger partial charge in [0.1, 0.15) is 5.75 Å². The molecule has 0 saturated carbocycles. The number of nitro groups is 1. The molecule has 0 aliphatic heterocycles. The van der Waals surface area contributed by atoms with E-state index in [1.807, 2.05) is 0 Å². The van der Waals surface area contributed by atoms with E-state index in [-0.39, 0.29) is 5.69 Å². The van der Waals surface area contributed by atoms with E-state index < -0.39 is 4.92 Å². The number of methoxy groups -OCH3 is 1. The first-order valence-electron chi connectivity index (χ1n) is 6.28. The molecule has 1 heterocycles. The number of rotatable bonds is 5. The van der Waals surface area contributed by atoms with E-state index in [4.69, 9.17) is 4.74 Å². The van der Waals surface area contributed by atoms with Crippen LogP contribution >= 0.6 is 0 Å². The van der Waals surface area contributed by atoms with E-state index in [1.54, 1.807) is 24.6 Å². The zero-order chi connectivity index (χ0) is 15.6. The quantitative estimate of drug-likeness (QED) is 0.478. The van der Waals surface area contributed by atoms with Crippen LogP contribution in [0.1, 0.15) is 27.3 Å². The van der Waals surface area contributed by atoms with Gasteiger partial charge in [-0.25, -0.2) is 0 Å². The Labute approximate surface area is 121 Å². The number of aldehydes is 1. The summed E-state index contributed by atoms with van der Waals surface area (Å²) in [5.41, 5.74) is 2.51. The molecule has 0 aliphatic rings. The molecule has 0 radical (unpaired) electrons. The average molecular weight is 289 g/mol. The van der Waals surface area contributed by atoms with Crippen molar-refractivity contribution in [3.05, 3.63) is 50.8 Å². The zero-order valence-corrected chi connectivity index (χ0v) is 12.0. The van der Waals surface area contributed by atoms with Crippen LogP contribution in [0.15, 0.2) is 18.2 Å². The largest absolute Gasteiger partial charge is 0.496 e. The molecule has 0 fully saturated rings. The zero-order valence-electron chi connectivity index (χ0n) is 12.0. The summed E-state index contributed by atoms with van der Waals surface area (Å²) in [5.74, 6) is 0.542. The van der Waals surface area contributed by atoms with Crippen LogP contribution in [0.4, 0.5) is 5.69 Å². The molecule has 1 aromatic carbocycles. The standard InChI is InChI=1S/C14H15N3O4/c1-9-13(8-18)10(2)16(15-9)7-11-6-12(17(19)20)4-5-14(11)21-3/h4-6,8H,7H2,1-3H3. The molecule has 110 valence electrons. The highest BCUT2D eigenvalue weighted by atomic mass is 16.6. The number of nitrogens with zero attached hydrogens (tertiary/aromatic N) is 3. The Kier molecular flexibility index (Phi) is 4.02. The number of aryl methyl sites for hydroxylation is 1. The monoisotopic (exact) mass is 289 g/mol. The third-order valence-electron chi connectivity index (χ3n) is 3.35. The summed E-state index contributed by atoms with van der Waals surface area (Å²) in [6.45, 7) is 3.83. The van der Waals surface area contributed by atoms with Crippen LogP contribution in [0.25, 0.3) is 0 Å². The first-order chi connectivity index (χ1) is 9.97. The number of ether oxygens (including phenoxy) is 1. The minimum absolute atomic E-state index is 0.0112. The fourth-order valence-electron chi connectivity index (χ4n) is 2.20. The van der Waals surface area contributed by atoms with Crippen LogP contribution < -0.4 is 4.74 Å². The smallest absolute Gasteiger partial charge is 0.270 e. The highest BCUT2D eigenvalue weighted by molar-refractivity contribution is 5.78. The van der Waals surface area contributed by atoms with E-state index in [2.05, 4.69) is 5.10 Å². The van der Waals surface area contributed by atoms with Crippen molar-refractivity contribution in [2.45, 2.75) is 20.4 Å². The number of benzene rings is 1. The second-order valence-corrected chi connectivity index (χ2v) is 4.61. The van der Waals surface area contributed by atoms with Gasteiger partial charge in [0.2, 0.25) is 0 Å². The summed E-state index contributed by atoms with van der Waals surface area (Å²) in [6.07, 6.45) is 0.763. The Bertz CT molecular complexity index is 706. The summed E-state index contributed by atoms with van der Waals surface area (Å²) in [7, 11) is 1.50. The Hall–Kier alpha value is -2.70. The van der Waals surface area contributed by atoms with Crippen LogP contribution in [-0.4, -0.2) is 28.1 Å². The molecule has 7 nitrogen and oxygen atoms in total. The average Bonchev–Trinajstić information content (AvgIpc) is 2.72. The normalized spacial score (nSPS) is 10.4. The van der Waals surface area contributed by atoms with E-state index >= 15 is 0 Å². The molecule has 0 N–H and O–H groups in total. The lowest BCUT2D eigenvalue weighted by molar-refractivity contribution is -0.384. The Morgan fingerprint density at radius 3 is 2.67 bits per heavy atom. The molecule has 0 amide bonds. The van der Waals surface area contributed by atoms with Gasteiger partial charge >= 0.3 is 0 Å². The highest BCUT2D eigenvalue weighted by Gasteiger charge is 2.15. The van der Waals surface area contributed by atoms with Crippen molar-refractivity contribution < 1.29 is 14.5 Å². The van der Waals surface area contributed by atoms with Crippen LogP contribution in [-0.2, 0) is 6.54 Å². The highest BCUT2D eigenvalue weighted by Crippen LogP contribution is 2.25. The minimum atomic E-state index is -0.457. The Morgan fingerprint density at radius 1 is 1.43 bits per heavy atom. The van der Waals surface area contributed by atoms with Crippen LogP contribution in [0.3, 0.4) is 0 Å². The Balaban J connectivity index is 2.45. The molecule has 1 aromatic heterocycles. The maximum absolute atomic E-state index is 11.0. The predicted molar refractivity (Wildman–Crippen MR) is 75.8 cm³/mol. The third-order valence-corrected chi connectivity index (χ3v) is 3.35. The maximum atomic E-state index is 11.0. The summed E-state index contributed by atoms with van der Waals surface area (Å²) in [5, 5.41) is 15.2. The Morgan fingerprint density at radius 2 is 2.14 bits per heavy atom. The lowest BCUT2D eigenvalue weighted by Crippen LogP contribution is -2.06. The number of nitro benzene ring substituents is 1. The summed E-state index contributed by atoms with van der Waals surface area (Å²) in [4.78, 5) is 21.4. The minimum Gasteiger partial charge on any atom is -0.496 e. The number of carbonyl (C=O) groups excluding carboxylic acids is 1. The van der Waals surface area contributed by atoms with Crippen molar-refractivity contribution in [1.82, 2.24) is 9.78 Å². The van der Waals surface area contributed by atoms with Crippen molar-refractivity contribution >= 4 is 12.0 Å². The van der Waals surface area contributed by atoms with Gasteiger partial charge in [0.25, 0.3) is 5.69 Å². The van der Waals surface area contributed by atoms with E-state index in [9.17, 15) is 14.9 Å². The maximum Gasteiger partial charge on any atom is 0.270 e. The second kappa shape index (κ2) is 5.74. The van der Waals surface area contributed by atoms with Crippen molar-refractivity contribution in [1.29, 1.82) is 0 Å².